The van der Waals surface area contributed by atoms with E-state index in [2.05, 4.69) is 29.6 Å². The molecule has 3 rings (SSSR count). The van der Waals surface area contributed by atoms with Crippen molar-refractivity contribution in [2.75, 3.05) is 6.54 Å². The number of carboxylic acid groups (broad SMARTS) is 1. The minimum absolute atomic E-state index is 0.0536. The van der Waals surface area contributed by atoms with E-state index in [0.29, 0.717) is 6.54 Å². The first-order chi connectivity index (χ1) is 12.8. The van der Waals surface area contributed by atoms with Crippen LogP contribution in [0.4, 0.5) is 0 Å². The first-order valence-corrected chi connectivity index (χ1v) is 9.12. The van der Waals surface area contributed by atoms with Crippen LogP contribution >= 0.6 is 0 Å². The van der Waals surface area contributed by atoms with E-state index >= 15 is 0 Å². The Morgan fingerprint density at radius 1 is 1.04 bits per heavy atom. The van der Waals surface area contributed by atoms with Gasteiger partial charge in [-0.2, -0.15) is 0 Å². The van der Waals surface area contributed by atoms with Crippen molar-refractivity contribution in [1.29, 1.82) is 0 Å². The standard InChI is InChI=1S/C22H25NO4/c1-22(2,3)27-20(24)12-19(21(25)26)23-13-18-16-10-6-4-8-14(16)15-9-5-7-11-17(15)18/h4-11,18-19,23H,12-13H2,1-3H3,(H,25,26)/t19-/m0/s1. The van der Waals surface area contributed by atoms with E-state index < -0.39 is 23.6 Å². The van der Waals surface area contributed by atoms with Crippen LogP contribution in [0.25, 0.3) is 11.1 Å². The molecule has 142 valence electrons. The average molecular weight is 367 g/mol. The van der Waals surface area contributed by atoms with Crippen molar-refractivity contribution in [3.8, 4) is 11.1 Å². The Kier molecular flexibility index (Phi) is 5.33. The quantitative estimate of drug-likeness (QED) is 0.764. The first kappa shape index (κ1) is 19.1. The van der Waals surface area contributed by atoms with Gasteiger partial charge in [0.05, 0.1) is 6.42 Å². The van der Waals surface area contributed by atoms with E-state index in [1.54, 1.807) is 20.8 Å². The molecule has 0 fully saturated rings. The molecule has 1 atom stereocenters. The fraction of sp³-hybridized carbons (Fsp3) is 0.364. The number of hydrogen-bond donors (Lipinski definition) is 2. The molecule has 2 N–H and O–H groups in total. The number of ether oxygens (including phenoxy) is 1. The number of fused-ring (bicyclic) bond motifs is 3. The summed E-state index contributed by atoms with van der Waals surface area (Å²) in [5.41, 5.74) is 4.07. The number of carbonyl (C=O) groups excluding carboxylic acids is 1. The second-order valence-electron chi connectivity index (χ2n) is 7.82. The van der Waals surface area contributed by atoms with E-state index in [1.165, 1.54) is 22.3 Å². The number of carbonyl (C=O) groups is 2. The van der Waals surface area contributed by atoms with Gasteiger partial charge in [0.1, 0.15) is 11.6 Å². The number of nitrogens with one attached hydrogen (secondary N) is 1. The Bertz CT molecular complexity index is 808. The van der Waals surface area contributed by atoms with Gasteiger partial charge in [0.2, 0.25) is 0 Å². The lowest BCUT2D eigenvalue weighted by molar-refractivity contribution is -0.158. The Morgan fingerprint density at radius 2 is 1.56 bits per heavy atom. The van der Waals surface area contributed by atoms with Gasteiger partial charge in [0.15, 0.2) is 0 Å². The topological polar surface area (TPSA) is 75.6 Å². The fourth-order valence-corrected chi connectivity index (χ4v) is 3.54. The number of rotatable bonds is 6. The van der Waals surface area contributed by atoms with Crippen molar-refractivity contribution >= 4 is 11.9 Å². The second kappa shape index (κ2) is 7.53. The third kappa shape index (κ3) is 4.37. The van der Waals surface area contributed by atoms with Crippen molar-refractivity contribution in [2.45, 2.75) is 44.8 Å². The summed E-state index contributed by atoms with van der Waals surface area (Å²) in [6.07, 6.45) is -0.206. The molecule has 0 radical (unpaired) electrons. The normalized spacial score (nSPS) is 14.3. The number of carboxylic acids is 1. The van der Waals surface area contributed by atoms with Crippen LogP contribution in [0.1, 0.15) is 44.2 Å². The van der Waals surface area contributed by atoms with Crippen LogP contribution in [-0.4, -0.2) is 35.2 Å². The van der Waals surface area contributed by atoms with Crippen molar-refractivity contribution in [3.63, 3.8) is 0 Å². The predicted octanol–water partition coefficient (Wildman–Crippen LogP) is 3.57. The van der Waals surface area contributed by atoms with Crippen LogP contribution < -0.4 is 5.32 Å². The smallest absolute Gasteiger partial charge is 0.321 e. The van der Waals surface area contributed by atoms with E-state index in [1.807, 2.05) is 24.3 Å². The molecule has 0 unspecified atom stereocenters. The third-order valence-electron chi connectivity index (χ3n) is 4.62. The Morgan fingerprint density at radius 3 is 2.04 bits per heavy atom. The Hall–Kier alpha value is -2.66. The molecule has 0 aliphatic heterocycles. The average Bonchev–Trinajstić information content (AvgIpc) is 2.91. The molecule has 5 nitrogen and oxygen atoms in total. The Balaban J connectivity index is 1.74. The van der Waals surface area contributed by atoms with Crippen LogP contribution in [0.15, 0.2) is 48.5 Å². The predicted molar refractivity (Wildman–Crippen MR) is 104 cm³/mol. The fourth-order valence-electron chi connectivity index (χ4n) is 3.54. The molecule has 1 aliphatic rings. The lowest BCUT2D eigenvalue weighted by Crippen LogP contribution is -2.41. The summed E-state index contributed by atoms with van der Waals surface area (Å²) >= 11 is 0. The van der Waals surface area contributed by atoms with Gasteiger partial charge in [-0.1, -0.05) is 48.5 Å². The van der Waals surface area contributed by atoms with Gasteiger partial charge in [-0.3, -0.25) is 9.59 Å². The van der Waals surface area contributed by atoms with E-state index in [-0.39, 0.29) is 12.3 Å². The minimum atomic E-state index is -1.06. The molecule has 0 aromatic heterocycles. The molecule has 0 spiro atoms. The minimum Gasteiger partial charge on any atom is -0.480 e. The molecule has 1 aliphatic carbocycles. The zero-order valence-corrected chi connectivity index (χ0v) is 15.9. The molecule has 27 heavy (non-hydrogen) atoms. The van der Waals surface area contributed by atoms with E-state index in [9.17, 15) is 14.7 Å². The molecular formula is C22H25NO4. The zero-order chi connectivity index (χ0) is 19.6. The summed E-state index contributed by atoms with van der Waals surface area (Å²) in [6, 6.07) is 15.3. The van der Waals surface area contributed by atoms with Gasteiger partial charge < -0.3 is 15.2 Å². The number of hydrogen-bond acceptors (Lipinski definition) is 4. The van der Waals surface area contributed by atoms with Gasteiger partial charge in [-0.25, -0.2) is 0 Å². The zero-order valence-electron chi connectivity index (χ0n) is 15.9. The summed E-state index contributed by atoms with van der Waals surface area (Å²) in [5.74, 6) is -1.52. The number of aliphatic carboxylic acids is 1. The lowest BCUT2D eigenvalue weighted by Gasteiger charge is -2.22. The van der Waals surface area contributed by atoms with Crippen LogP contribution in [0.5, 0.6) is 0 Å². The molecule has 0 heterocycles. The summed E-state index contributed by atoms with van der Waals surface area (Å²) in [7, 11) is 0. The van der Waals surface area contributed by atoms with Gasteiger partial charge in [0, 0.05) is 12.5 Å². The molecule has 0 amide bonds. The molecule has 5 heteroatoms. The maximum atomic E-state index is 12.0. The van der Waals surface area contributed by atoms with Gasteiger partial charge >= 0.3 is 11.9 Å². The molecule has 0 bridgehead atoms. The van der Waals surface area contributed by atoms with Gasteiger partial charge in [-0.15, -0.1) is 0 Å². The summed E-state index contributed by atoms with van der Waals surface area (Å²) in [4.78, 5) is 23.7. The van der Waals surface area contributed by atoms with E-state index in [0.717, 1.165) is 0 Å². The first-order valence-electron chi connectivity index (χ1n) is 9.12. The SMILES string of the molecule is CC(C)(C)OC(=O)C[C@H](NCC1c2ccccc2-c2ccccc21)C(=O)O. The molecule has 2 aromatic rings. The van der Waals surface area contributed by atoms with Gasteiger partial charge in [0.25, 0.3) is 0 Å². The molecule has 2 aromatic carbocycles. The summed E-state index contributed by atoms with van der Waals surface area (Å²) in [6.45, 7) is 5.73. The highest BCUT2D eigenvalue weighted by Gasteiger charge is 2.30. The monoisotopic (exact) mass is 367 g/mol. The lowest BCUT2D eigenvalue weighted by atomic mass is 9.96. The van der Waals surface area contributed by atoms with Crippen molar-refractivity contribution in [1.82, 2.24) is 5.32 Å². The maximum Gasteiger partial charge on any atom is 0.321 e. The maximum absolute atomic E-state index is 12.0. The third-order valence-corrected chi connectivity index (χ3v) is 4.62. The largest absolute Gasteiger partial charge is 0.480 e. The number of esters is 1. The Labute approximate surface area is 159 Å². The highest BCUT2D eigenvalue weighted by Crippen LogP contribution is 2.44. The molecule has 0 saturated heterocycles. The van der Waals surface area contributed by atoms with Crippen LogP contribution in [0.2, 0.25) is 0 Å². The second-order valence-corrected chi connectivity index (χ2v) is 7.82. The van der Waals surface area contributed by atoms with Crippen molar-refractivity contribution in [3.05, 3.63) is 59.7 Å². The molecule has 0 saturated carbocycles. The summed E-state index contributed by atoms with van der Waals surface area (Å²) in [5, 5.41) is 12.6. The van der Waals surface area contributed by atoms with E-state index in [4.69, 9.17) is 4.74 Å². The van der Waals surface area contributed by atoms with Crippen LogP contribution in [0, 0.1) is 0 Å². The van der Waals surface area contributed by atoms with Crippen LogP contribution in [0.3, 0.4) is 0 Å². The highest BCUT2D eigenvalue weighted by molar-refractivity contribution is 5.82. The molecular weight excluding hydrogens is 342 g/mol. The van der Waals surface area contributed by atoms with Crippen LogP contribution in [-0.2, 0) is 14.3 Å². The summed E-state index contributed by atoms with van der Waals surface area (Å²) < 4.78 is 5.26. The van der Waals surface area contributed by atoms with Gasteiger partial charge in [-0.05, 0) is 43.0 Å². The van der Waals surface area contributed by atoms with Crippen molar-refractivity contribution < 1.29 is 19.4 Å². The van der Waals surface area contributed by atoms with Crippen molar-refractivity contribution in [2.24, 2.45) is 0 Å². The number of benzene rings is 2. The highest BCUT2D eigenvalue weighted by atomic mass is 16.6.